The van der Waals surface area contributed by atoms with Crippen molar-refractivity contribution < 1.29 is 8.85 Å². The van der Waals surface area contributed by atoms with E-state index < -0.39 is 7.18 Å². The van der Waals surface area contributed by atoms with Gasteiger partial charge in [-0.1, -0.05) is 29.1 Å². The Morgan fingerprint density at radius 1 is 1.09 bits per heavy atom. The predicted octanol–water partition coefficient (Wildman–Crippen LogP) is 2.80. The predicted molar refractivity (Wildman–Crippen MR) is 53.0 cm³/mol. The third-order valence-corrected chi connectivity index (χ3v) is 3.94. The highest BCUT2D eigenvalue weighted by Crippen LogP contribution is 2.15. The molecule has 0 amide bonds. The van der Waals surface area contributed by atoms with E-state index in [0.717, 1.165) is 26.1 Å². The van der Waals surface area contributed by atoms with Crippen molar-refractivity contribution in [2.24, 2.45) is 0 Å². The van der Waals surface area contributed by atoms with Crippen LogP contribution in [0.5, 0.6) is 0 Å². The van der Waals surface area contributed by atoms with Gasteiger partial charge in [0.1, 0.15) is 0 Å². The Morgan fingerprint density at radius 2 is 1.45 bits per heavy atom. The van der Waals surface area contributed by atoms with E-state index in [1.807, 2.05) is 6.55 Å². The normalized spacial score (nSPS) is 12.0. The molecule has 4 heteroatoms. The molecule has 0 rings (SSSR count). The topological polar surface area (TPSA) is 18.5 Å². The van der Waals surface area contributed by atoms with Gasteiger partial charge in [0.25, 0.3) is 0 Å². The first-order chi connectivity index (χ1) is 5.12. The summed E-state index contributed by atoms with van der Waals surface area (Å²) < 4.78 is 11.0. The van der Waals surface area contributed by atoms with Crippen LogP contribution in [0, 0.1) is 0 Å². The van der Waals surface area contributed by atoms with Crippen LogP contribution in [0.3, 0.4) is 0 Å². The average molecular weight is 241 g/mol. The molecule has 0 spiro atoms. The second-order valence-corrected chi connectivity index (χ2v) is 9.10. The summed E-state index contributed by atoms with van der Waals surface area (Å²) in [6, 6.07) is 0. The standard InChI is InChI=1S/C7H17BrO2Si/c1-4-6-9-11(3,8)10-7-5-2/h4-7H2,1-3H3. The average Bonchev–Trinajstić information content (AvgIpc) is 1.97. The molecule has 0 fully saturated rings. The van der Waals surface area contributed by atoms with Crippen molar-refractivity contribution in [2.45, 2.75) is 33.2 Å². The molecule has 0 aliphatic rings. The summed E-state index contributed by atoms with van der Waals surface area (Å²) in [5.41, 5.74) is 0. The Labute approximate surface area is 78.1 Å². The zero-order chi connectivity index (χ0) is 8.74. The van der Waals surface area contributed by atoms with Crippen molar-refractivity contribution in [2.75, 3.05) is 13.2 Å². The summed E-state index contributed by atoms with van der Waals surface area (Å²) in [6.45, 7) is 7.78. The van der Waals surface area contributed by atoms with Gasteiger partial charge in [-0.2, -0.15) is 0 Å². The molecule has 0 heterocycles. The van der Waals surface area contributed by atoms with E-state index in [2.05, 4.69) is 29.1 Å². The van der Waals surface area contributed by atoms with Gasteiger partial charge in [-0.15, -0.1) is 0 Å². The van der Waals surface area contributed by atoms with Crippen molar-refractivity contribution in [3.63, 3.8) is 0 Å². The van der Waals surface area contributed by atoms with Gasteiger partial charge in [-0.3, -0.25) is 0 Å². The summed E-state index contributed by atoms with van der Waals surface area (Å²) in [6.07, 6.45) is 2.09. The van der Waals surface area contributed by atoms with E-state index in [1.54, 1.807) is 0 Å². The maximum atomic E-state index is 5.51. The molecule has 0 saturated heterocycles. The van der Waals surface area contributed by atoms with Crippen LogP contribution < -0.4 is 0 Å². The third-order valence-electron chi connectivity index (χ3n) is 1.13. The summed E-state index contributed by atoms with van der Waals surface area (Å²) in [7, 11) is -1.93. The Kier molecular flexibility index (Phi) is 6.51. The monoisotopic (exact) mass is 240 g/mol. The van der Waals surface area contributed by atoms with E-state index >= 15 is 0 Å². The quantitative estimate of drug-likeness (QED) is 0.526. The van der Waals surface area contributed by atoms with Gasteiger partial charge in [0.15, 0.2) is 0 Å². The first-order valence-corrected chi connectivity index (χ1v) is 8.66. The van der Waals surface area contributed by atoms with Crippen molar-refractivity contribution >= 4 is 22.5 Å². The maximum absolute atomic E-state index is 5.51. The Hall–Kier alpha value is 0.617. The first kappa shape index (κ1) is 11.6. The van der Waals surface area contributed by atoms with Gasteiger partial charge in [0.2, 0.25) is 0 Å². The van der Waals surface area contributed by atoms with Crippen molar-refractivity contribution in [1.82, 2.24) is 0 Å². The molecule has 0 saturated carbocycles. The van der Waals surface area contributed by atoms with Gasteiger partial charge in [0, 0.05) is 13.2 Å². The summed E-state index contributed by atoms with van der Waals surface area (Å²) >= 11 is 3.48. The van der Waals surface area contributed by atoms with Crippen LogP contribution in [0.2, 0.25) is 6.55 Å². The molecule has 0 aromatic rings. The zero-order valence-corrected chi connectivity index (χ0v) is 10.1. The van der Waals surface area contributed by atoms with Crippen molar-refractivity contribution in [3.05, 3.63) is 0 Å². The molecule has 0 aliphatic heterocycles. The van der Waals surface area contributed by atoms with Gasteiger partial charge in [0.05, 0.1) is 0 Å². The number of rotatable bonds is 6. The van der Waals surface area contributed by atoms with Crippen LogP contribution >= 0.6 is 15.3 Å². The smallest absolute Gasteiger partial charge is 0.387 e. The molecule has 0 atom stereocenters. The van der Waals surface area contributed by atoms with Crippen LogP contribution in [0.25, 0.3) is 0 Å². The molecule has 2 nitrogen and oxygen atoms in total. The second-order valence-electron chi connectivity index (χ2n) is 2.53. The Balaban J connectivity index is 3.43. The highest BCUT2D eigenvalue weighted by atomic mass is 79.9. The molecule has 0 aromatic heterocycles. The molecule has 0 aliphatic carbocycles. The van der Waals surface area contributed by atoms with Crippen LogP contribution in [-0.4, -0.2) is 20.4 Å². The maximum Gasteiger partial charge on any atom is 0.411 e. The van der Waals surface area contributed by atoms with Gasteiger partial charge >= 0.3 is 7.18 Å². The summed E-state index contributed by atoms with van der Waals surface area (Å²) in [4.78, 5) is 0. The van der Waals surface area contributed by atoms with E-state index in [-0.39, 0.29) is 0 Å². The van der Waals surface area contributed by atoms with E-state index in [4.69, 9.17) is 8.85 Å². The van der Waals surface area contributed by atoms with Gasteiger partial charge in [-0.25, -0.2) is 0 Å². The molecule has 68 valence electrons. The van der Waals surface area contributed by atoms with Crippen LogP contribution in [0.15, 0.2) is 0 Å². The largest absolute Gasteiger partial charge is 0.411 e. The molecule has 0 unspecified atom stereocenters. The van der Waals surface area contributed by atoms with E-state index in [9.17, 15) is 0 Å². The highest BCUT2D eigenvalue weighted by Gasteiger charge is 2.26. The summed E-state index contributed by atoms with van der Waals surface area (Å²) in [5.74, 6) is 0. The molecule has 11 heavy (non-hydrogen) atoms. The number of hydrogen-bond acceptors (Lipinski definition) is 2. The van der Waals surface area contributed by atoms with E-state index in [0.29, 0.717) is 0 Å². The lowest BCUT2D eigenvalue weighted by molar-refractivity contribution is 0.196. The minimum atomic E-state index is -1.93. The van der Waals surface area contributed by atoms with Crippen LogP contribution in [-0.2, 0) is 8.85 Å². The minimum absolute atomic E-state index is 0.789. The lowest BCUT2D eigenvalue weighted by Gasteiger charge is -2.19. The summed E-state index contributed by atoms with van der Waals surface area (Å²) in [5, 5.41) is 0. The second kappa shape index (κ2) is 6.17. The minimum Gasteiger partial charge on any atom is -0.387 e. The van der Waals surface area contributed by atoms with E-state index in [1.165, 1.54) is 0 Å². The fourth-order valence-corrected chi connectivity index (χ4v) is 2.80. The lowest BCUT2D eigenvalue weighted by Crippen LogP contribution is -2.32. The SMILES string of the molecule is CCCO[Si](C)(Br)OCCC. The lowest BCUT2D eigenvalue weighted by atomic mass is 10.5. The van der Waals surface area contributed by atoms with Crippen molar-refractivity contribution in [3.8, 4) is 0 Å². The zero-order valence-electron chi connectivity index (χ0n) is 7.52. The Bertz CT molecular complexity index is 88.4. The Morgan fingerprint density at radius 3 is 1.73 bits per heavy atom. The van der Waals surface area contributed by atoms with Crippen LogP contribution in [0.1, 0.15) is 26.7 Å². The van der Waals surface area contributed by atoms with Crippen molar-refractivity contribution in [1.29, 1.82) is 0 Å². The van der Waals surface area contributed by atoms with Gasteiger partial charge in [-0.05, 0) is 19.4 Å². The molecular formula is C7H17BrO2Si. The molecule has 0 radical (unpaired) electrons. The molecule has 0 aromatic carbocycles. The first-order valence-electron chi connectivity index (χ1n) is 4.09. The molecule has 0 bridgehead atoms. The third kappa shape index (κ3) is 6.99. The molecule has 0 N–H and O–H groups in total. The fraction of sp³-hybridized carbons (Fsp3) is 1.00. The number of halogens is 1. The van der Waals surface area contributed by atoms with Gasteiger partial charge < -0.3 is 8.85 Å². The fourth-order valence-electron chi connectivity index (χ4n) is 0.610. The highest BCUT2D eigenvalue weighted by molar-refractivity contribution is 9.25. The number of hydrogen-bond donors (Lipinski definition) is 0. The molecular weight excluding hydrogens is 224 g/mol. The van der Waals surface area contributed by atoms with Crippen LogP contribution in [0.4, 0.5) is 0 Å².